The lowest BCUT2D eigenvalue weighted by Crippen LogP contribution is -2.28. The predicted molar refractivity (Wildman–Crippen MR) is 46.0 cm³/mol. The molecule has 1 aromatic carbocycles. The van der Waals surface area contributed by atoms with E-state index in [-0.39, 0.29) is 5.56 Å². The van der Waals surface area contributed by atoms with Crippen LogP contribution >= 0.6 is 0 Å². The molecule has 5 heteroatoms. The van der Waals surface area contributed by atoms with E-state index < -0.39 is 12.2 Å². The number of alkyl halides is 3. The van der Waals surface area contributed by atoms with Crippen LogP contribution in [0.3, 0.4) is 0 Å². The molecule has 0 spiro atoms. The summed E-state index contributed by atoms with van der Waals surface area (Å²) in [6.07, 6.45) is -4.41. The first kappa shape index (κ1) is 10.8. The Balaban J connectivity index is 2.87. The number of hydrogen-bond acceptors (Lipinski definition) is 2. The summed E-state index contributed by atoms with van der Waals surface area (Å²) in [6.45, 7) is 0. The fraction of sp³-hybridized carbons (Fsp3) is 0.333. The van der Waals surface area contributed by atoms with Crippen molar-refractivity contribution in [1.82, 2.24) is 0 Å². The zero-order chi connectivity index (χ0) is 10.8. The molecular formula is C9H10F3NO. The highest BCUT2D eigenvalue weighted by molar-refractivity contribution is 5.29. The Bertz CT molecular complexity index is 294. The quantitative estimate of drug-likeness (QED) is 0.803. The Morgan fingerprint density at radius 3 is 2.07 bits per heavy atom. The van der Waals surface area contributed by atoms with Crippen molar-refractivity contribution >= 4 is 0 Å². The summed E-state index contributed by atoms with van der Waals surface area (Å²) in [7, 11) is 1.44. The molecule has 0 fully saturated rings. The normalized spacial score (nSPS) is 13.8. The number of benzene rings is 1. The maximum absolute atomic E-state index is 12.2. The number of hydrogen-bond donors (Lipinski definition) is 1. The fourth-order valence-corrected chi connectivity index (χ4v) is 1.00. The van der Waals surface area contributed by atoms with Gasteiger partial charge in [0, 0.05) is 0 Å². The van der Waals surface area contributed by atoms with Crippen LogP contribution in [-0.2, 0) is 0 Å². The molecule has 14 heavy (non-hydrogen) atoms. The van der Waals surface area contributed by atoms with Gasteiger partial charge in [0.25, 0.3) is 0 Å². The molecule has 0 aliphatic carbocycles. The van der Waals surface area contributed by atoms with E-state index in [0.717, 1.165) is 0 Å². The summed E-state index contributed by atoms with van der Waals surface area (Å²) in [5.74, 6) is 0.503. The molecule has 0 aliphatic heterocycles. The summed E-state index contributed by atoms with van der Waals surface area (Å²) < 4.78 is 41.3. The SMILES string of the molecule is COc1ccc(C(N)C(F)(F)F)cc1. The van der Waals surface area contributed by atoms with Crippen LogP contribution in [0.5, 0.6) is 5.75 Å². The van der Waals surface area contributed by atoms with Crippen LogP contribution in [0.25, 0.3) is 0 Å². The summed E-state index contributed by atoms with van der Waals surface area (Å²) in [5, 5.41) is 0. The maximum Gasteiger partial charge on any atom is 0.407 e. The molecule has 1 rings (SSSR count). The third-order valence-electron chi connectivity index (χ3n) is 1.83. The molecule has 78 valence electrons. The molecule has 1 aromatic rings. The molecule has 0 aromatic heterocycles. The molecular weight excluding hydrogens is 195 g/mol. The smallest absolute Gasteiger partial charge is 0.407 e. The molecule has 0 amide bonds. The van der Waals surface area contributed by atoms with Crippen LogP contribution in [0, 0.1) is 0 Å². The van der Waals surface area contributed by atoms with Gasteiger partial charge in [-0.25, -0.2) is 0 Å². The predicted octanol–water partition coefficient (Wildman–Crippen LogP) is 2.26. The zero-order valence-corrected chi connectivity index (χ0v) is 7.51. The Kier molecular flexibility index (Phi) is 3.00. The van der Waals surface area contributed by atoms with Gasteiger partial charge < -0.3 is 10.5 Å². The van der Waals surface area contributed by atoms with E-state index in [1.54, 1.807) is 0 Å². The van der Waals surface area contributed by atoms with Gasteiger partial charge in [0.1, 0.15) is 11.8 Å². The Labute approximate surface area is 79.5 Å². The van der Waals surface area contributed by atoms with E-state index in [0.29, 0.717) is 5.75 Å². The van der Waals surface area contributed by atoms with Gasteiger partial charge in [-0.3, -0.25) is 0 Å². The van der Waals surface area contributed by atoms with Crippen molar-refractivity contribution in [3.63, 3.8) is 0 Å². The summed E-state index contributed by atoms with van der Waals surface area (Å²) in [5.41, 5.74) is 5.02. The molecule has 0 aliphatic rings. The van der Waals surface area contributed by atoms with Crippen molar-refractivity contribution in [2.24, 2.45) is 5.73 Å². The fourth-order valence-electron chi connectivity index (χ4n) is 1.00. The minimum Gasteiger partial charge on any atom is -0.497 e. The molecule has 1 atom stereocenters. The minimum absolute atomic E-state index is 0.0262. The summed E-state index contributed by atoms with van der Waals surface area (Å²) in [6, 6.07) is 3.56. The van der Waals surface area contributed by atoms with E-state index in [1.165, 1.54) is 31.4 Å². The number of ether oxygens (including phenoxy) is 1. The van der Waals surface area contributed by atoms with E-state index in [1.807, 2.05) is 0 Å². The van der Waals surface area contributed by atoms with Gasteiger partial charge in [0.2, 0.25) is 0 Å². The lowest BCUT2D eigenvalue weighted by molar-refractivity contribution is -0.149. The van der Waals surface area contributed by atoms with E-state index in [2.05, 4.69) is 0 Å². The topological polar surface area (TPSA) is 35.2 Å². The van der Waals surface area contributed by atoms with Gasteiger partial charge in [-0.2, -0.15) is 13.2 Å². The van der Waals surface area contributed by atoms with Gasteiger partial charge >= 0.3 is 6.18 Å². The third-order valence-corrected chi connectivity index (χ3v) is 1.83. The van der Waals surface area contributed by atoms with Gasteiger partial charge in [-0.1, -0.05) is 12.1 Å². The first-order chi connectivity index (χ1) is 6.45. The highest BCUT2D eigenvalue weighted by Gasteiger charge is 2.37. The average Bonchev–Trinajstić information content (AvgIpc) is 2.15. The highest BCUT2D eigenvalue weighted by Crippen LogP contribution is 2.30. The van der Waals surface area contributed by atoms with Crippen LogP contribution in [0.1, 0.15) is 11.6 Å². The van der Waals surface area contributed by atoms with Crippen LogP contribution < -0.4 is 10.5 Å². The molecule has 0 saturated carbocycles. The number of halogens is 3. The number of methoxy groups -OCH3 is 1. The van der Waals surface area contributed by atoms with Crippen molar-refractivity contribution in [2.45, 2.75) is 12.2 Å². The molecule has 0 bridgehead atoms. The lowest BCUT2D eigenvalue weighted by Gasteiger charge is -2.15. The first-order valence-electron chi connectivity index (χ1n) is 3.91. The van der Waals surface area contributed by atoms with Crippen molar-refractivity contribution in [3.8, 4) is 5.75 Å². The molecule has 2 N–H and O–H groups in total. The Hall–Kier alpha value is -1.23. The molecule has 0 heterocycles. The number of nitrogens with two attached hydrogens (primary N) is 1. The molecule has 1 unspecified atom stereocenters. The minimum atomic E-state index is -4.41. The summed E-state index contributed by atoms with van der Waals surface area (Å²) in [4.78, 5) is 0. The van der Waals surface area contributed by atoms with Crippen molar-refractivity contribution < 1.29 is 17.9 Å². The van der Waals surface area contributed by atoms with E-state index >= 15 is 0 Å². The zero-order valence-electron chi connectivity index (χ0n) is 7.51. The van der Waals surface area contributed by atoms with Crippen LogP contribution in [0.2, 0.25) is 0 Å². The lowest BCUT2D eigenvalue weighted by atomic mass is 10.1. The second kappa shape index (κ2) is 3.88. The second-order valence-electron chi connectivity index (χ2n) is 2.79. The Morgan fingerprint density at radius 1 is 1.21 bits per heavy atom. The standard InChI is InChI=1S/C9H10F3NO/c1-14-7-4-2-6(3-5-7)8(13)9(10,11)12/h2-5,8H,13H2,1H3. The Morgan fingerprint density at radius 2 is 1.71 bits per heavy atom. The molecule has 0 saturated heterocycles. The monoisotopic (exact) mass is 205 g/mol. The van der Waals surface area contributed by atoms with E-state index in [4.69, 9.17) is 10.5 Å². The number of rotatable bonds is 2. The van der Waals surface area contributed by atoms with Gasteiger partial charge in [-0.15, -0.1) is 0 Å². The average molecular weight is 205 g/mol. The van der Waals surface area contributed by atoms with Gasteiger partial charge in [0.05, 0.1) is 7.11 Å². The van der Waals surface area contributed by atoms with Crippen molar-refractivity contribution in [2.75, 3.05) is 7.11 Å². The van der Waals surface area contributed by atoms with Crippen LogP contribution in [0.15, 0.2) is 24.3 Å². The second-order valence-corrected chi connectivity index (χ2v) is 2.79. The third kappa shape index (κ3) is 2.38. The van der Waals surface area contributed by atoms with Gasteiger partial charge in [-0.05, 0) is 17.7 Å². The first-order valence-corrected chi connectivity index (χ1v) is 3.91. The molecule has 0 radical (unpaired) electrons. The molecule has 2 nitrogen and oxygen atoms in total. The van der Waals surface area contributed by atoms with Crippen LogP contribution in [-0.4, -0.2) is 13.3 Å². The maximum atomic E-state index is 12.2. The van der Waals surface area contributed by atoms with Gasteiger partial charge in [0.15, 0.2) is 0 Å². The van der Waals surface area contributed by atoms with Crippen molar-refractivity contribution in [1.29, 1.82) is 0 Å². The van der Waals surface area contributed by atoms with E-state index in [9.17, 15) is 13.2 Å². The van der Waals surface area contributed by atoms with Crippen LogP contribution in [0.4, 0.5) is 13.2 Å². The highest BCUT2D eigenvalue weighted by atomic mass is 19.4. The largest absolute Gasteiger partial charge is 0.497 e. The van der Waals surface area contributed by atoms with Crippen molar-refractivity contribution in [3.05, 3.63) is 29.8 Å². The summed E-state index contributed by atoms with van der Waals surface area (Å²) >= 11 is 0.